The summed E-state index contributed by atoms with van der Waals surface area (Å²) < 4.78 is 0. The molecule has 9 rings (SSSR count). The lowest BCUT2D eigenvalue weighted by atomic mass is 10.2. The Balaban J connectivity index is 1.23. The van der Waals surface area contributed by atoms with Crippen LogP contribution in [0.1, 0.15) is 0 Å². The Kier molecular flexibility index (Phi) is 3.35. The molecule has 0 unspecified atom stereocenters. The molecule has 176 valence electrons. The molecule has 0 saturated heterocycles. The van der Waals surface area contributed by atoms with Gasteiger partial charge in [0.15, 0.2) is 0 Å². The van der Waals surface area contributed by atoms with Crippen LogP contribution in [0.25, 0.3) is 0 Å². The Morgan fingerprint density at radius 1 is 0.361 bits per heavy atom. The summed E-state index contributed by atoms with van der Waals surface area (Å²) in [5, 5.41) is 9.54. The van der Waals surface area contributed by atoms with Crippen molar-refractivity contribution >= 4 is 22.7 Å². The molecular formula is C28H24N8. The van der Waals surface area contributed by atoms with Crippen molar-refractivity contribution in [2.45, 2.75) is 0 Å². The van der Waals surface area contributed by atoms with Crippen LogP contribution >= 0.6 is 0 Å². The predicted molar refractivity (Wildman–Crippen MR) is 140 cm³/mol. The van der Waals surface area contributed by atoms with Crippen LogP contribution < -0.4 is 19.6 Å². The van der Waals surface area contributed by atoms with Gasteiger partial charge in [0.2, 0.25) is 0 Å². The van der Waals surface area contributed by atoms with Crippen molar-refractivity contribution in [2.24, 2.45) is 0 Å². The highest BCUT2D eigenvalue weighted by Crippen LogP contribution is 2.43. The number of allylic oxidation sites excluding steroid dienone is 4. The van der Waals surface area contributed by atoms with Crippen LogP contribution in [0.2, 0.25) is 0 Å². The summed E-state index contributed by atoms with van der Waals surface area (Å²) in [6, 6.07) is 17.5. The van der Waals surface area contributed by atoms with E-state index in [2.05, 4.69) is 137 Å². The fraction of sp³-hybridized carbons (Fsp3) is 0.143. The van der Waals surface area contributed by atoms with E-state index in [1.807, 2.05) is 0 Å². The average Bonchev–Trinajstić information content (AvgIpc) is 3.70. The third-order valence-electron chi connectivity index (χ3n) is 7.92. The summed E-state index contributed by atoms with van der Waals surface area (Å²) in [4.78, 5) is 9.48. The van der Waals surface area contributed by atoms with Gasteiger partial charge in [0, 0.05) is 24.8 Å². The molecule has 0 radical (unpaired) electrons. The zero-order valence-electron chi connectivity index (χ0n) is 19.6. The maximum Gasteiger partial charge on any atom is 0.115 e. The summed E-state index contributed by atoms with van der Waals surface area (Å²) in [5.74, 6) is 0. The van der Waals surface area contributed by atoms with Gasteiger partial charge in [-0.15, -0.1) is 0 Å². The second-order valence-electron chi connectivity index (χ2n) is 9.90. The molecule has 8 heteroatoms. The number of benzene rings is 2. The minimum atomic E-state index is 0.779. The molecule has 0 spiro atoms. The fourth-order valence-electron chi connectivity index (χ4n) is 6.18. The van der Waals surface area contributed by atoms with Crippen LogP contribution in [0.3, 0.4) is 0 Å². The van der Waals surface area contributed by atoms with E-state index in [-0.39, 0.29) is 0 Å². The van der Waals surface area contributed by atoms with Crippen molar-refractivity contribution in [3.05, 3.63) is 120 Å². The predicted octanol–water partition coefficient (Wildman–Crippen LogP) is 4.05. The SMILES string of the molecule is C1=CC2=CN3CN2N2CN(C=C12)c1ccccc1N1C=C2C=CC4=CN(CN4N2C1)c1ccccc13. The van der Waals surface area contributed by atoms with Gasteiger partial charge in [-0.25, -0.2) is 0 Å². The zero-order valence-corrected chi connectivity index (χ0v) is 19.6. The lowest BCUT2D eigenvalue weighted by Crippen LogP contribution is -2.45. The van der Waals surface area contributed by atoms with Crippen LogP contribution in [0.4, 0.5) is 22.7 Å². The van der Waals surface area contributed by atoms with Gasteiger partial charge in [-0.1, -0.05) is 24.3 Å². The molecule has 0 amide bonds. The smallest absolute Gasteiger partial charge is 0.115 e. The second kappa shape index (κ2) is 6.48. The summed E-state index contributed by atoms with van der Waals surface area (Å²) in [6.45, 7) is 3.12. The van der Waals surface area contributed by atoms with Gasteiger partial charge < -0.3 is 19.6 Å². The van der Waals surface area contributed by atoms with E-state index in [9.17, 15) is 0 Å². The van der Waals surface area contributed by atoms with Gasteiger partial charge in [0.05, 0.1) is 45.5 Å². The fourth-order valence-corrected chi connectivity index (χ4v) is 6.18. The van der Waals surface area contributed by atoms with Crippen molar-refractivity contribution in [3.63, 3.8) is 0 Å². The van der Waals surface area contributed by atoms with E-state index in [0.717, 1.165) is 26.7 Å². The molecule has 0 N–H and O–H groups in total. The quantitative estimate of drug-likeness (QED) is 0.567. The first-order chi connectivity index (χ1) is 17.8. The molecule has 0 fully saturated rings. The van der Waals surface area contributed by atoms with E-state index < -0.39 is 0 Å². The molecule has 8 bridgehead atoms. The monoisotopic (exact) mass is 472 g/mol. The maximum absolute atomic E-state index is 2.39. The molecular weight excluding hydrogens is 448 g/mol. The first-order valence-corrected chi connectivity index (χ1v) is 12.4. The molecule has 0 aromatic heterocycles. The van der Waals surface area contributed by atoms with Crippen molar-refractivity contribution in [2.75, 3.05) is 46.3 Å². The average molecular weight is 473 g/mol. The standard InChI is InChI=1S/C28H24N8/c1-2-6-26-25(5-1)29-13-21-9-10-23-15-31(19-35(23)33(21)17-29)27-7-3-4-8-28(27)32-16-24-12-11-22-14-30(26)18-34(22)36(24)20-32/h1-16H,17-20H2. The third-order valence-corrected chi connectivity index (χ3v) is 7.92. The molecule has 36 heavy (non-hydrogen) atoms. The van der Waals surface area contributed by atoms with Gasteiger partial charge in [-0.2, -0.15) is 0 Å². The maximum atomic E-state index is 2.39. The number of hydrogen-bond donors (Lipinski definition) is 0. The minimum Gasteiger partial charge on any atom is -0.324 e. The Morgan fingerprint density at radius 2 is 0.611 bits per heavy atom. The molecule has 2 aromatic carbocycles. The van der Waals surface area contributed by atoms with Gasteiger partial charge in [0.1, 0.15) is 26.7 Å². The van der Waals surface area contributed by atoms with Crippen LogP contribution in [0.5, 0.6) is 0 Å². The molecule has 7 aliphatic rings. The summed E-state index contributed by atoms with van der Waals surface area (Å²) >= 11 is 0. The largest absolute Gasteiger partial charge is 0.324 e. The van der Waals surface area contributed by atoms with Gasteiger partial charge in [-0.05, 0) is 48.6 Å². The summed E-state index contributed by atoms with van der Waals surface area (Å²) in [7, 11) is 0. The van der Waals surface area contributed by atoms with Crippen LogP contribution in [0.15, 0.2) is 120 Å². The first kappa shape index (κ1) is 18.6. The Hall–Kier alpha value is -4.72. The second-order valence-corrected chi connectivity index (χ2v) is 9.90. The van der Waals surface area contributed by atoms with Crippen molar-refractivity contribution in [1.82, 2.24) is 20.0 Å². The van der Waals surface area contributed by atoms with E-state index in [1.165, 1.54) is 45.5 Å². The first-order valence-electron chi connectivity index (χ1n) is 12.4. The van der Waals surface area contributed by atoms with Crippen molar-refractivity contribution in [1.29, 1.82) is 0 Å². The van der Waals surface area contributed by atoms with Gasteiger partial charge in [-0.3, -0.25) is 20.0 Å². The van der Waals surface area contributed by atoms with Crippen LogP contribution in [0, 0.1) is 0 Å². The summed E-state index contributed by atoms with van der Waals surface area (Å²) in [5.41, 5.74) is 9.70. The van der Waals surface area contributed by atoms with Crippen molar-refractivity contribution in [3.8, 4) is 0 Å². The zero-order chi connectivity index (χ0) is 23.4. The van der Waals surface area contributed by atoms with E-state index >= 15 is 0 Å². The molecule has 8 nitrogen and oxygen atoms in total. The van der Waals surface area contributed by atoms with Crippen LogP contribution in [-0.2, 0) is 0 Å². The lowest BCUT2D eigenvalue weighted by Gasteiger charge is -2.39. The molecule has 0 saturated carbocycles. The lowest BCUT2D eigenvalue weighted by molar-refractivity contribution is 0.0729. The highest BCUT2D eigenvalue weighted by molar-refractivity contribution is 5.77. The Morgan fingerprint density at radius 3 is 0.861 bits per heavy atom. The Bertz CT molecular complexity index is 1290. The Labute approximate surface area is 209 Å². The third kappa shape index (κ3) is 2.38. The normalized spacial score (nSPS) is 22.0. The van der Waals surface area contributed by atoms with E-state index in [1.54, 1.807) is 0 Å². The van der Waals surface area contributed by atoms with Gasteiger partial charge >= 0.3 is 0 Å². The minimum absolute atomic E-state index is 0.779. The molecule has 7 aliphatic heterocycles. The number of hydrazine groups is 2. The highest BCUT2D eigenvalue weighted by Gasteiger charge is 2.38. The molecule has 2 aromatic rings. The number of fused-ring (bicyclic) bond motifs is 10. The number of rotatable bonds is 0. The van der Waals surface area contributed by atoms with E-state index in [4.69, 9.17) is 0 Å². The number of para-hydroxylation sites is 4. The topological polar surface area (TPSA) is 25.9 Å². The van der Waals surface area contributed by atoms with E-state index in [0.29, 0.717) is 0 Å². The molecule has 0 atom stereocenters. The highest BCUT2D eigenvalue weighted by atomic mass is 15.7. The molecule has 0 aliphatic carbocycles. The number of hydrogen-bond acceptors (Lipinski definition) is 8. The van der Waals surface area contributed by atoms with Gasteiger partial charge in [0.25, 0.3) is 0 Å². The van der Waals surface area contributed by atoms with Crippen LogP contribution in [-0.4, -0.2) is 46.7 Å². The number of anilines is 4. The summed E-state index contributed by atoms with van der Waals surface area (Å²) in [6.07, 6.45) is 18.0. The number of nitrogens with zero attached hydrogens (tertiary/aromatic N) is 8. The molecule has 7 heterocycles. The van der Waals surface area contributed by atoms with Crippen molar-refractivity contribution < 1.29 is 0 Å².